The Morgan fingerprint density at radius 2 is 2.04 bits per heavy atom. The van der Waals surface area contributed by atoms with Crippen molar-refractivity contribution in [1.29, 1.82) is 0 Å². The van der Waals surface area contributed by atoms with E-state index in [2.05, 4.69) is 10.2 Å². The molecule has 0 spiro atoms. The highest BCUT2D eigenvalue weighted by atomic mass is 16.5. The van der Waals surface area contributed by atoms with Crippen LogP contribution in [0.3, 0.4) is 0 Å². The van der Waals surface area contributed by atoms with Gasteiger partial charge in [0.05, 0.1) is 6.04 Å². The summed E-state index contributed by atoms with van der Waals surface area (Å²) in [6.07, 6.45) is 2.39. The molecule has 1 aliphatic rings. The average Bonchev–Trinajstić information content (AvgIpc) is 3.26. The first-order valence-corrected chi connectivity index (χ1v) is 8.88. The van der Waals surface area contributed by atoms with Crippen LogP contribution in [0.25, 0.3) is 0 Å². The third-order valence-corrected chi connectivity index (χ3v) is 4.52. The summed E-state index contributed by atoms with van der Waals surface area (Å²) in [6.45, 7) is 6.58. The molecule has 1 aromatic heterocycles. The molecule has 1 amide bonds. The Hall–Kier alpha value is -2.27. The molecule has 1 N–H and O–H groups in total. The average molecular weight is 342 g/mol. The molecule has 0 bridgehead atoms. The van der Waals surface area contributed by atoms with Crippen molar-refractivity contribution in [3.63, 3.8) is 0 Å². The summed E-state index contributed by atoms with van der Waals surface area (Å²) in [4.78, 5) is 14.5. The number of amides is 1. The molecule has 0 saturated carbocycles. The number of nitrogens with zero attached hydrogens (tertiary/aromatic N) is 1. The van der Waals surface area contributed by atoms with Gasteiger partial charge in [-0.2, -0.15) is 0 Å². The second-order valence-corrected chi connectivity index (χ2v) is 6.62. The van der Waals surface area contributed by atoms with E-state index in [9.17, 15) is 4.79 Å². The first-order valence-electron chi connectivity index (χ1n) is 8.88. The van der Waals surface area contributed by atoms with Gasteiger partial charge in [-0.05, 0) is 69.6 Å². The van der Waals surface area contributed by atoms with Crippen LogP contribution in [0.1, 0.15) is 36.0 Å². The molecule has 1 aliphatic heterocycles. The maximum absolute atomic E-state index is 12.2. The fourth-order valence-corrected chi connectivity index (χ4v) is 3.21. The Morgan fingerprint density at radius 1 is 1.24 bits per heavy atom. The van der Waals surface area contributed by atoms with Crippen LogP contribution in [-0.2, 0) is 4.79 Å². The fourth-order valence-electron chi connectivity index (χ4n) is 3.21. The van der Waals surface area contributed by atoms with Crippen molar-refractivity contribution in [3.8, 4) is 5.75 Å². The first-order chi connectivity index (χ1) is 12.1. The topological polar surface area (TPSA) is 54.7 Å². The number of carbonyl (C=O) groups excluding carboxylic acids is 1. The number of likely N-dealkylation sites (tertiary alicyclic amines) is 1. The lowest BCUT2D eigenvalue weighted by Crippen LogP contribution is -2.38. The fraction of sp³-hybridized carbons (Fsp3) is 0.450. The Kier molecular flexibility index (Phi) is 5.76. The van der Waals surface area contributed by atoms with Crippen molar-refractivity contribution in [3.05, 3.63) is 53.5 Å². The number of hydrogen-bond acceptors (Lipinski definition) is 4. The molecule has 2 aromatic rings. The van der Waals surface area contributed by atoms with Gasteiger partial charge >= 0.3 is 0 Å². The highest BCUT2D eigenvalue weighted by molar-refractivity contribution is 5.77. The van der Waals surface area contributed by atoms with Crippen LogP contribution < -0.4 is 10.1 Å². The van der Waals surface area contributed by atoms with Gasteiger partial charge in [-0.1, -0.05) is 12.1 Å². The van der Waals surface area contributed by atoms with E-state index < -0.39 is 0 Å². The van der Waals surface area contributed by atoms with E-state index in [0.717, 1.165) is 30.2 Å². The van der Waals surface area contributed by atoms with Gasteiger partial charge in [0.1, 0.15) is 17.3 Å². The monoisotopic (exact) mass is 342 g/mol. The SMILES string of the molecule is Cc1cccc(OCC(=O)NC[C@@H](c2ccc(C)o2)N2CCCC2)c1. The van der Waals surface area contributed by atoms with Crippen LogP contribution in [0.4, 0.5) is 0 Å². The molecule has 1 aromatic carbocycles. The van der Waals surface area contributed by atoms with Crippen molar-refractivity contribution in [2.24, 2.45) is 0 Å². The van der Waals surface area contributed by atoms with E-state index in [1.165, 1.54) is 12.8 Å². The van der Waals surface area contributed by atoms with Gasteiger partial charge in [0.25, 0.3) is 5.91 Å². The van der Waals surface area contributed by atoms with Crippen LogP contribution in [0.15, 0.2) is 40.8 Å². The van der Waals surface area contributed by atoms with Crippen LogP contribution >= 0.6 is 0 Å². The first kappa shape index (κ1) is 17.5. The van der Waals surface area contributed by atoms with E-state index in [0.29, 0.717) is 12.3 Å². The van der Waals surface area contributed by atoms with Gasteiger partial charge in [-0.3, -0.25) is 9.69 Å². The number of aryl methyl sites for hydroxylation is 2. The number of carbonyl (C=O) groups is 1. The maximum Gasteiger partial charge on any atom is 0.258 e. The van der Waals surface area contributed by atoms with Crippen LogP contribution in [0.5, 0.6) is 5.75 Å². The standard InChI is InChI=1S/C20H26N2O3/c1-15-6-5-7-17(12-15)24-14-20(23)21-13-18(22-10-3-4-11-22)19-9-8-16(2)25-19/h5-9,12,18H,3-4,10-11,13-14H2,1-2H3,(H,21,23)/t18-/m0/s1. The Labute approximate surface area is 149 Å². The lowest BCUT2D eigenvalue weighted by molar-refractivity contribution is -0.123. The smallest absolute Gasteiger partial charge is 0.258 e. The summed E-state index contributed by atoms with van der Waals surface area (Å²) < 4.78 is 11.4. The number of furan rings is 1. The minimum Gasteiger partial charge on any atom is -0.484 e. The summed E-state index contributed by atoms with van der Waals surface area (Å²) in [5.74, 6) is 2.41. The molecular weight excluding hydrogens is 316 g/mol. The number of hydrogen-bond donors (Lipinski definition) is 1. The molecule has 134 valence electrons. The zero-order chi connectivity index (χ0) is 17.6. The molecule has 1 atom stereocenters. The molecule has 0 radical (unpaired) electrons. The highest BCUT2D eigenvalue weighted by Gasteiger charge is 2.26. The van der Waals surface area contributed by atoms with E-state index >= 15 is 0 Å². The molecule has 1 saturated heterocycles. The van der Waals surface area contributed by atoms with E-state index in [-0.39, 0.29) is 18.6 Å². The van der Waals surface area contributed by atoms with Crippen molar-refractivity contribution in [2.75, 3.05) is 26.2 Å². The summed E-state index contributed by atoms with van der Waals surface area (Å²) in [6, 6.07) is 11.8. The van der Waals surface area contributed by atoms with Gasteiger partial charge in [0.2, 0.25) is 0 Å². The third kappa shape index (κ3) is 4.86. The molecule has 0 unspecified atom stereocenters. The number of rotatable bonds is 7. The number of ether oxygens (including phenoxy) is 1. The Balaban J connectivity index is 1.54. The quantitative estimate of drug-likeness (QED) is 0.839. The Morgan fingerprint density at radius 3 is 2.72 bits per heavy atom. The predicted molar refractivity (Wildman–Crippen MR) is 96.7 cm³/mol. The minimum atomic E-state index is -0.117. The van der Waals surface area contributed by atoms with Gasteiger partial charge < -0.3 is 14.5 Å². The highest BCUT2D eigenvalue weighted by Crippen LogP contribution is 2.26. The van der Waals surface area contributed by atoms with Crippen molar-refractivity contribution in [1.82, 2.24) is 10.2 Å². The van der Waals surface area contributed by atoms with Crippen molar-refractivity contribution >= 4 is 5.91 Å². The molecule has 5 nitrogen and oxygen atoms in total. The van der Waals surface area contributed by atoms with Crippen LogP contribution in [0, 0.1) is 13.8 Å². The molecule has 25 heavy (non-hydrogen) atoms. The zero-order valence-electron chi connectivity index (χ0n) is 15.0. The number of nitrogens with one attached hydrogen (secondary N) is 1. The summed E-state index contributed by atoms with van der Waals surface area (Å²) in [7, 11) is 0. The molecular formula is C20H26N2O3. The molecule has 3 rings (SSSR count). The van der Waals surface area contributed by atoms with E-state index in [4.69, 9.17) is 9.15 Å². The van der Waals surface area contributed by atoms with E-state index in [1.54, 1.807) is 0 Å². The third-order valence-electron chi connectivity index (χ3n) is 4.52. The van der Waals surface area contributed by atoms with Gasteiger partial charge in [0.15, 0.2) is 6.61 Å². The van der Waals surface area contributed by atoms with Gasteiger partial charge in [-0.15, -0.1) is 0 Å². The van der Waals surface area contributed by atoms with Crippen LogP contribution in [-0.4, -0.2) is 37.0 Å². The molecule has 1 fully saturated rings. The number of benzene rings is 1. The summed E-state index contributed by atoms with van der Waals surface area (Å²) >= 11 is 0. The van der Waals surface area contributed by atoms with Crippen molar-refractivity contribution < 1.29 is 13.9 Å². The molecule has 2 heterocycles. The second-order valence-electron chi connectivity index (χ2n) is 6.62. The van der Waals surface area contributed by atoms with Gasteiger partial charge in [-0.25, -0.2) is 0 Å². The van der Waals surface area contributed by atoms with Crippen molar-refractivity contribution in [2.45, 2.75) is 32.7 Å². The Bertz CT molecular complexity index is 704. The largest absolute Gasteiger partial charge is 0.484 e. The predicted octanol–water partition coefficient (Wildman–Crippen LogP) is 3.23. The minimum absolute atomic E-state index is 0.0212. The summed E-state index contributed by atoms with van der Waals surface area (Å²) in [5, 5.41) is 2.99. The zero-order valence-corrected chi connectivity index (χ0v) is 15.0. The van der Waals surface area contributed by atoms with E-state index in [1.807, 2.05) is 50.2 Å². The normalized spacial score (nSPS) is 15.9. The second kappa shape index (κ2) is 8.21. The molecule has 5 heteroatoms. The lowest BCUT2D eigenvalue weighted by atomic mass is 10.2. The van der Waals surface area contributed by atoms with Gasteiger partial charge in [0, 0.05) is 6.54 Å². The summed E-state index contributed by atoms with van der Waals surface area (Å²) in [5.41, 5.74) is 1.11. The van der Waals surface area contributed by atoms with Crippen LogP contribution in [0.2, 0.25) is 0 Å². The lowest BCUT2D eigenvalue weighted by Gasteiger charge is -2.26. The maximum atomic E-state index is 12.2. The molecule has 0 aliphatic carbocycles.